The van der Waals surface area contributed by atoms with Gasteiger partial charge in [-0.3, -0.25) is 9.59 Å². The number of nitrogens with two attached hydrogens (primary N) is 1. The number of rotatable bonds is 6. The minimum atomic E-state index is -0.602. The zero-order chi connectivity index (χ0) is 21.0. The van der Waals surface area contributed by atoms with Gasteiger partial charge in [-0.25, -0.2) is 10.1 Å². The highest BCUT2D eigenvalue weighted by Crippen LogP contribution is 2.27. The highest BCUT2D eigenvalue weighted by Gasteiger charge is 2.22. The molecule has 2 heterocycles. The van der Waals surface area contributed by atoms with E-state index in [9.17, 15) is 9.59 Å². The van der Waals surface area contributed by atoms with Gasteiger partial charge in [0.2, 0.25) is 11.6 Å². The zero-order valence-corrected chi connectivity index (χ0v) is 15.6. The van der Waals surface area contributed by atoms with Crippen LogP contribution in [0.25, 0.3) is 5.82 Å². The van der Waals surface area contributed by atoms with Crippen molar-refractivity contribution in [1.82, 2.24) is 30.7 Å². The van der Waals surface area contributed by atoms with Gasteiger partial charge in [-0.1, -0.05) is 5.21 Å². The lowest BCUT2D eigenvalue weighted by Crippen LogP contribution is -2.22. The van der Waals surface area contributed by atoms with Crippen molar-refractivity contribution in [3.63, 3.8) is 0 Å². The number of methoxy groups -OCH3 is 1. The predicted octanol–water partition coefficient (Wildman–Crippen LogP) is 0.239. The number of hydrogen-bond acceptors (Lipinski definition) is 11. The molecule has 0 bridgehead atoms. The summed E-state index contributed by atoms with van der Waals surface area (Å²) in [7, 11) is 1.44. The van der Waals surface area contributed by atoms with Gasteiger partial charge in [0.25, 0.3) is 5.91 Å². The summed E-state index contributed by atoms with van der Waals surface area (Å²) < 4.78 is 15.8. The molecule has 0 saturated carbocycles. The number of hydrazone groups is 1. The van der Waals surface area contributed by atoms with E-state index in [0.29, 0.717) is 17.0 Å². The van der Waals surface area contributed by atoms with Gasteiger partial charge in [0.1, 0.15) is 0 Å². The average molecular weight is 400 g/mol. The number of aromatic nitrogens is 5. The maximum absolute atomic E-state index is 12.5. The SMILES string of the molecule is COc1cc(C=NNC(=O)c2c(C)nnn2-c2nonc2N)ccc1OC(C)=O. The highest BCUT2D eigenvalue weighted by molar-refractivity contribution is 5.95. The molecule has 0 radical (unpaired) electrons. The molecule has 3 rings (SSSR count). The first-order valence-electron chi connectivity index (χ1n) is 8.11. The lowest BCUT2D eigenvalue weighted by Gasteiger charge is -2.08. The summed E-state index contributed by atoms with van der Waals surface area (Å²) in [5.41, 5.74) is 8.98. The third kappa shape index (κ3) is 4.18. The van der Waals surface area contributed by atoms with E-state index in [1.165, 1.54) is 20.2 Å². The van der Waals surface area contributed by atoms with E-state index < -0.39 is 11.9 Å². The highest BCUT2D eigenvalue weighted by atomic mass is 16.6. The van der Waals surface area contributed by atoms with Crippen LogP contribution < -0.4 is 20.6 Å². The molecule has 150 valence electrons. The van der Waals surface area contributed by atoms with E-state index in [4.69, 9.17) is 15.2 Å². The van der Waals surface area contributed by atoms with Crippen LogP contribution in [-0.4, -0.2) is 50.5 Å². The number of anilines is 1. The second kappa shape index (κ2) is 8.16. The molecule has 29 heavy (non-hydrogen) atoms. The Labute approximate surface area is 163 Å². The number of nitrogen functional groups attached to an aromatic ring is 1. The maximum Gasteiger partial charge on any atom is 0.308 e. The standard InChI is InChI=1S/C16H16N8O5/c1-8-13(24(23-19-8)15-14(17)21-29-22-15)16(26)20-18-7-10-4-5-11(28-9(2)25)12(6-10)27-3/h4-7H,1-3H3,(H2,17,21)(H,20,26). The summed E-state index contributed by atoms with van der Waals surface area (Å²) in [6, 6.07) is 4.77. The molecule has 0 aliphatic heterocycles. The summed E-state index contributed by atoms with van der Waals surface area (Å²) in [6.07, 6.45) is 1.38. The number of benzene rings is 1. The van der Waals surface area contributed by atoms with E-state index >= 15 is 0 Å². The topological polar surface area (TPSA) is 173 Å². The Kier molecular flexibility index (Phi) is 5.48. The maximum atomic E-state index is 12.5. The molecule has 3 aromatic rings. The van der Waals surface area contributed by atoms with Crippen LogP contribution in [0.15, 0.2) is 27.9 Å². The number of aryl methyl sites for hydroxylation is 1. The molecule has 0 atom stereocenters. The summed E-state index contributed by atoms with van der Waals surface area (Å²) >= 11 is 0. The van der Waals surface area contributed by atoms with Crippen LogP contribution in [-0.2, 0) is 4.79 Å². The van der Waals surface area contributed by atoms with Crippen molar-refractivity contribution in [3.8, 4) is 17.3 Å². The lowest BCUT2D eigenvalue weighted by atomic mass is 10.2. The minimum absolute atomic E-state index is 0.0329. The number of carbonyl (C=O) groups is 2. The summed E-state index contributed by atoms with van der Waals surface area (Å²) in [6.45, 7) is 2.87. The third-order valence-corrected chi connectivity index (χ3v) is 3.57. The fraction of sp³-hybridized carbons (Fsp3) is 0.188. The molecule has 13 heteroatoms. The van der Waals surface area contributed by atoms with Crippen LogP contribution in [0, 0.1) is 6.92 Å². The number of carbonyl (C=O) groups excluding carboxylic acids is 2. The Morgan fingerprint density at radius 2 is 2.10 bits per heavy atom. The molecule has 0 saturated heterocycles. The first-order chi connectivity index (χ1) is 13.9. The van der Waals surface area contributed by atoms with Crippen molar-refractivity contribution in [2.24, 2.45) is 5.10 Å². The van der Waals surface area contributed by atoms with Crippen LogP contribution in [0.2, 0.25) is 0 Å². The van der Waals surface area contributed by atoms with Crippen molar-refractivity contribution in [2.75, 3.05) is 12.8 Å². The second-order valence-electron chi connectivity index (χ2n) is 5.61. The third-order valence-electron chi connectivity index (χ3n) is 3.57. The van der Waals surface area contributed by atoms with Crippen molar-refractivity contribution in [3.05, 3.63) is 35.2 Å². The van der Waals surface area contributed by atoms with Crippen LogP contribution in [0.4, 0.5) is 5.82 Å². The van der Waals surface area contributed by atoms with Gasteiger partial charge >= 0.3 is 5.97 Å². The van der Waals surface area contributed by atoms with Gasteiger partial charge in [-0.05, 0) is 41.0 Å². The molecule has 2 aromatic heterocycles. The lowest BCUT2D eigenvalue weighted by molar-refractivity contribution is -0.132. The molecule has 1 amide bonds. The van der Waals surface area contributed by atoms with Crippen molar-refractivity contribution >= 4 is 23.9 Å². The van der Waals surface area contributed by atoms with Gasteiger partial charge < -0.3 is 15.2 Å². The Hall–Kier alpha value is -4.29. The van der Waals surface area contributed by atoms with Crippen LogP contribution in [0.1, 0.15) is 28.7 Å². The van der Waals surface area contributed by atoms with E-state index in [1.54, 1.807) is 25.1 Å². The second-order valence-corrected chi connectivity index (χ2v) is 5.61. The Morgan fingerprint density at radius 3 is 2.76 bits per heavy atom. The van der Waals surface area contributed by atoms with E-state index in [1.807, 2.05) is 0 Å². The molecule has 0 fully saturated rings. The van der Waals surface area contributed by atoms with E-state index in [-0.39, 0.29) is 23.1 Å². The van der Waals surface area contributed by atoms with Crippen molar-refractivity contribution in [1.29, 1.82) is 0 Å². The predicted molar refractivity (Wildman–Crippen MR) is 97.7 cm³/mol. The molecule has 0 spiro atoms. The van der Waals surface area contributed by atoms with Gasteiger partial charge in [-0.2, -0.15) is 9.78 Å². The smallest absolute Gasteiger partial charge is 0.308 e. The molecule has 0 unspecified atom stereocenters. The van der Waals surface area contributed by atoms with Crippen LogP contribution >= 0.6 is 0 Å². The molecule has 0 aliphatic carbocycles. The number of nitrogens with zero attached hydrogens (tertiary/aromatic N) is 6. The summed E-state index contributed by atoms with van der Waals surface area (Å²) in [5, 5.41) is 18.6. The van der Waals surface area contributed by atoms with Crippen molar-refractivity contribution in [2.45, 2.75) is 13.8 Å². The Bertz CT molecular complexity index is 1090. The first kappa shape index (κ1) is 19.5. The fourth-order valence-electron chi connectivity index (χ4n) is 2.33. The molecule has 13 nitrogen and oxygen atoms in total. The van der Waals surface area contributed by atoms with Crippen LogP contribution in [0.3, 0.4) is 0 Å². The zero-order valence-electron chi connectivity index (χ0n) is 15.6. The fourth-order valence-corrected chi connectivity index (χ4v) is 2.33. The summed E-state index contributed by atoms with van der Waals surface area (Å²) in [4.78, 5) is 23.6. The van der Waals surface area contributed by atoms with Gasteiger partial charge in [0, 0.05) is 6.92 Å². The quantitative estimate of drug-likeness (QED) is 0.252. The van der Waals surface area contributed by atoms with Crippen LogP contribution in [0.5, 0.6) is 11.5 Å². The number of hydrogen-bond donors (Lipinski definition) is 2. The largest absolute Gasteiger partial charge is 0.493 e. The number of nitrogens with one attached hydrogen (secondary N) is 1. The number of ether oxygens (including phenoxy) is 2. The van der Waals surface area contributed by atoms with E-state index in [2.05, 4.69) is 35.8 Å². The monoisotopic (exact) mass is 400 g/mol. The van der Waals surface area contributed by atoms with Gasteiger partial charge in [0.15, 0.2) is 17.2 Å². The number of amides is 1. The average Bonchev–Trinajstić information content (AvgIpc) is 3.27. The van der Waals surface area contributed by atoms with Gasteiger partial charge in [-0.15, -0.1) is 5.10 Å². The molecule has 0 aliphatic rings. The first-order valence-corrected chi connectivity index (χ1v) is 8.11. The van der Waals surface area contributed by atoms with E-state index in [0.717, 1.165) is 4.68 Å². The minimum Gasteiger partial charge on any atom is -0.493 e. The Balaban J connectivity index is 1.76. The number of esters is 1. The normalized spacial score (nSPS) is 10.9. The van der Waals surface area contributed by atoms with Crippen molar-refractivity contribution < 1.29 is 23.7 Å². The molecular formula is C16H16N8O5. The Morgan fingerprint density at radius 1 is 1.31 bits per heavy atom. The summed E-state index contributed by atoms with van der Waals surface area (Å²) in [5.74, 6) is -0.485. The van der Waals surface area contributed by atoms with Gasteiger partial charge in [0.05, 0.1) is 19.0 Å². The molecular weight excluding hydrogens is 384 g/mol. The molecule has 3 N–H and O–H groups in total. The molecule has 1 aromatic carbocycles.